The summed E-state index contributed by atoms with van der Waals surface area (Å²) in [4.78, 5) is 13.9. The first-order valence-corrected chi connectivity index (χ1v) is 6.94. The smallest absolute Gasteiger partial charge is 0.225 e. The molecule has 0 spiro atoms. The van der Waals surface area contributed by atoms with Crippen LogP contribution < -0.4 is 10.5 Å². The number of ether oxygens (including phenoxy) is 1. The summed E-state index contributed by atoms with van der Waals surface area (Å²) in [6, 6.07) is 7.48. The average molecular weight is 262 g/mol. The normalized spacial score (nSPS) is 19.5. The molecule has 1 aromatic carbocycles. The minimum absolute atomic E-state index is 0.180. The van der Waals surface area contributed by atoms with Gasteiger partial charge < -0.3 is 15.4 Å². The van der Waals surface area contributed by atoms with Gasteiger partial charge in [-0.15, -0.1) is 0 Å². The zero-order valence-corrected chi connectivity index (χ0v) is 11.5. The summed E-state index contributed by atoms with van der Waals surface area (Å²) in [5, 5.41) is 0. The van der Waals surface area contributed by atoms with Gasteiger partial charge in [0, 0.05) is 19.0 Å². The number of piperidine rings is 1. The van der Waals surface area contributed by atoms with Crippen LogP contribution >= 0.6 is 0 Å². The SMILES string of the molecule is CC1CCCN(CCCOc2ccccc2N)C1=O. The van der Waals surface area contributed by atoms with Crippen LogP contribution in [-0.2, 0) is 4.79 Å². The third kappa shape index (κ3) is 3.63. The Morgan fingerprint density at radius 3 is 3.00 bits per heavy atom. The van der Waals surface area contributed by atoms with Crippen molar-refractivity contribution in [3.05, 3.63) is 24.3 Å². The second kappa shape index (κ2) is 6.45. The monoisotopic (exact) mass is 262 g/mol. The van der Waals surface area contributed by atoms with Crippen LogP contribution in [0.15, 0.2) is 24.3 Å². The van der Waals surface area contributed by atoms with Crippen LogP contribution in [0.5, 0.6) is 5.75 Å². The van der Waals surface area contributed by atoms with Gasteiger partial charge in [0.2, 0.25) is 5.91 Å². The fraction of sp³-hybridized carbons (Fsp3) is 0.533. The highest BCUT2D eigenvalue weighted by atomic mass is 16.5. The molecular weight excluding hydrogens is 240 g/mol. The minimum Gasteiger partial charge on any atom is -0.491 e. The van der Waals surface area contributed by atoms with E-state index in [0.717, 1.165) is 38.1 Å². The molecule has 1 saturated heterocycles. The Morgan fingerprint density at radius 2 is 2.21 bits per heavy atom. The maximum absolute atomic E-state index is 11.9. The molecule has 2 rings (SSSR count). The summed E-state index contributed by atoms with van der Waals surface area (Å²) in [5.41, 5.74) is 6.45. The molecule has 104 valence electrons. The number of para-hydroxylation sites is 2. The quantitative estimate of drug-likeness (QED) is 0.654. The number of nitrogen functional groups attached to an aromatic ring is 1. The van der Waals surface area contributed by atoms with Gasteiger partial charge in [-0.3, -0.25) is 4.79 Å². The molecular formula is C15H22N2O2. The number of hydrogen-bond donors (Lipinski definition) is 1. The second-order valence-corrected chi connectivity index (χ2v) is 5.11. The highest BCUT2D eigenvalue weighted by molar-refractivity contribution is 5.79. The van der Waals surface area contributed by atoms with E-state index in [1.165, 1.54) is 0 Å². The Hall–Kier alpha value is -1.71. The zero-order chi connectivity index (χ0) is 13.7. The van der Waals surface area contributed by atoms with Gasteiger partial charge in [-0.1, -0.05) is 19.1 Å². The Kier molecular flexibility index (Phi) is 4.66. The number of nitrogens with zero attached hydrogens (tertiary/aromatic N) is 1. The lowest BCUT2D eigenvalue weighted by atomic mass is 9.99. The van der Waals surface area contributed by atoms with E-state index in [9.17, 15) is 4.79 Å². The van der Waals surface area contributed by atoms with Gasteiger partial charge in [0.1, 0.15) is 5.75 Å². The standard InChI is InChI=1S/C15H22N2O2/c1-12-6-4-9-17(15(12)18)10-5-11-19-14-8-3-2-7-13(14)16/h2-3,7-8,12H,4-6,9-11,16H2,1H3. The van der Waals surface area contributed by atoms with Crippen LogP contribution in [0.25, 0.3) is 0 Å². The van der Waals surface area contributed by atoms with Crippen molar-refractivity contribution in [2.45, 2.75) is 26.2 Å². The topological polar surface area (TPSA) is 55.6 Å². The molecule has 1 unspecified atom stereocenters. The first-order valence-electron chi connectivity index (χ1n) is 6.94. The maximum atomic E-state index is 11.9. The molecule has 19 heavy (non-hydrogen) atoms. The lowest BCUT2D eigenvalue weighted by Gasteiger charge is -2.30. The van der Waals surface area contributed by atoms with E-state index < -0.39 is 0 Å². The van der Waals surface area contributed by atoms with E-state index in [0.29, 0.717) is 12.3 Å². The van der Waals surface area contributed by atoms with Gasteiger partial charge in [-0.05, 0) is 31.4 Å². The summed E-state index contributed by atoms with van der Waals surface area (Å²) < 4.78 is 5.63. The highest BCUT2D eigenvalue weighted by Gasteiger charge is 2.24. The van der Waals surface area contributed by atoms with Gasteiger partial charge in [0.15, 0.2) is 0 Å². The zero-order valence-electron chi connectivity index (χ0n) is 11.5. The molecule has 1 aromatic rings. The highest BCUT2D eigenvalue weighted by Crippen LogP contribution is 2.20. The van der Waals surface area contributed by atoms with E-state index in [4.69, 9.17) is 10.5 Å². The molecule has 0 radical (unpaired) electrons. The number of carbonyl (C=O) groups excluding carboxylic acids is 1. The van der Waals surface area contributed by atoms with Crippen molar-refractivity contribution in [2.24, 2.45) is 5.92 Å². The number of benzene rings is 1. The van der Waals surface area contributed by atoms with Crippen LogP contribution in [0.4, 0.5) is 5.69 Å². The van der Waals surface area contributed by atoms with Crippen LogP contribution in [0.3, 0.4) is 0 Å². The summed E-state index contributed by atoms with van der Waals surface area (Å²) in [6.07, 6.45) is 2.97. The number of amides is 1. The van der Waals surface area contributed by atoms with Crippen molar-refractivity contribution < 1.29 is 9.53 Å². The fourth-order valence-electron chi connectivity index (χ4n) is 2.41. The molecule has 1 fully saturated rings. The molecule has 0 saturated carbocycles. The van der Waals surface area contributed by atoms with E-state index in [1.54, 1.807) is 0 Å². The van der Waals surface area contributed by atoms with Crippen molar-refractivity contribution in [3.8, 4) is 5.75 Å². The molecule has 0 aliphatic carbocycles. The molecule has 1 aliphatic heterocycles. The summed E-state index contributed by atoms with van der Waals surface area (Å²) in [7, 11) is 0. The molecule has 0 aromatic heterocycles. The molecule has 4 heteroatoms. The molecule has 1 atom stereocenters. The van der Waals surface area contributed by atoms with Crippen molar-refractivity contribution in [1.82, 2.24) is 4.90 Å². The summed E-state index contributed by atoms with van der Waals surface area (Å²) in [5.74, 6) is 1.19. The van der Waals surface area contributed by atoms with Crippen LogP contribution in [0.2, 0.25) is 0 Å². The first kappa shape index (κ1) is 13.7. The van der Waals surface area contributed by atoms with E-state index in [1.807, 2.05) is 36.1 Å². The summed E-state index contributed by atoms with van der Waals surface area (Å²) in [6.45, 7) is 4.26. The molecule has 1 aliphatic rings. The number of hydrogen-bond acceptors (Lipinski definition) is 3. The van der Waals surface area contributed by atoms with Gasteiger partial charge in [-0.2, -0.15) is 0 Å². The minimum atomic E-state index is 0.180. The molecule has 4 nitrogen and oxygen atoms in total. The van der Waals surface area contributed by atoms with Gasteiger partial charge in [0.05, 0.1) is 12.3 Å². The lowest BCUT2D eigenvalue weighted by molar-refractivity contribution is -0.137. The number of likely N-dealkylation sites (tertiary alicyclic amines) is 1. The van der Waals surface area contributed by atoms with E-state index in [2.05, 4.69) is 0 Å². The average Bonchev–Trinajstić information content (AvgIpc) is 2.41. The van der Waals surface area contributed by atoms with Crippen molar-refractivity contribution in [3.63, 3.8) is 0 Å². The molecule has 1 amide bonds. The van der Waals surface area contributed by atoms with Gasteiger partial charge in [-0.25, -0.2) is 0 Å². The number of rotatable bonds is 5. The van der Waals surface area contributed by atoms with E-state index >= 15 is 0 Å². The Bertz CT molecular complexity index is 434. The lowest BCUT2D eigenvalue weighted by Crippen LogP contribution is -2.41. The number of anilines is 1. The third-order valence-electron chi connectivity index (χ3n) is 3.55. The van der Waals surface area contributed by atoms with Gasteiger partial charge >= 0.3 is 0 Å². The number of nitrogens with two attached hydrogens (primary N) is 1. The predicted octanol–water partition coefficient (Wildman–Crippen LogP) is 2.30. The van der Waals surface area contributed by atoms with Gasteiger partial charge in [0.25, 0.3) is 0 Å². The second-order valence-electron chi connectivity index (χ2n) is 5.11. The predicted molar refractivity (Wildman–Crippen MR) is 75.9 cm³/mol. The van der Waals surface area contributed by atoms with Crippen LogP contribution in [0.1, 0.15) is 26.2 Å². The van der Waals surface area contributed by atoms with Crippen LogP contribution in [0, 0.1) is 5.92 Å². The molecule has 1 heterocycles. The number of carbonyl (C=O) groups is 1. The Balaban J connectivity index is 1.72. The third-order valence-corrected chi connectivity index (χ3v) is 3.55. The maximum Gasteiger partial charge on any atom is 0.225 e. The Labute approximate surface area is 114 Å². The van der Waals surface area contributed by atoms with Crippen LogP contribution in [-0.4, -0.2) is 30.5 Å². The molecule has 2 N–H and O–H groups in total. The Morgan fingerprint density at radius 1 is 1.42 bits per heavy atom. The largest absolute Gasteiger partial charge is 0.491 e. The van der Waals surface area contributed by atoms with Crippen molar-refractivity contribution in [2.75, 3.05) is 25.4 Å². The first-order chi connectivity index (χ1) is 9.18. The summed E-state index contributed by atoms with van der Waals surface area (Å²) >= 11 is 0. The molecule has 0 bridgehead atoms. The van der Waals surface area contributed by atoms with E-state index in [-0.39, 0.29) is 11.8 Å². The van der Waals surface area contributed by atoms with Crippen molar-refractivity contribution in [1.29, 1.82) is 0 Å². The fourth-order valence-corrected chi connectivity index (χ4v) is 2.41. The van der Waals surface area contributed by atoms with Crippen molar-refractivity contribution >= 4 is 11.6 Å².